The summed E-state index contributed by atoms with van der Waals surface area (Å²) in [5.74, 6) is 0.499. The van der Waals surface area contributed by atoms with Crippen molar-refractivity contribution in [1.29, 1.82) is 0 Å². The summed E-state index contributed by atoms with van der Waals surface area (Å²) in [5, 5.41) is 20.9. The van der Waals surface area contributed by atoms with E-state index in [-0.39, 0.29) is 25.7 Å². The van der Waals surface area contributed by atoms with Gasteiger partial charge in [0, 0.05) is 12.3 Å². The maximum absolute atomic E-state index is 12.3. The van der Waals surface area contributed by atoms with Crippen molar-refractivity contribution in [3.63, 3.8) is 0 Å². The van der Waals surface area contributed by atoms with Crippen LogP contribution in [-0.4, -0.2) is 36.1 Å². The van der Waals surface area contributed by atoms with Gasteiger partial charge in [0.15, 0.2) is 0 Å². The Bertz CT molecular complexity index is 677. The van der Waals surface area contributed by atoms with Crippen molar-refractivity contribution >= 4 is 11.8 Å². The van der Waals surface area contributed by atoms with Crippen LogP contribution in [0.4, 0.5) is 10.5 Å². The lowest BCUT2D eigenvalue weighted by Crippen LogP contribution is -2.22. The fourth-order valence-corrected chi connectivity index (χ4v) is 2.60. The molecule has 26 heavy (non-hydrogen) atoms. The van der Waals surface area contributed by atoms with Gasteiger partial charge in [-0.1, -0.05) is 37.3 Å². The van der Waals surface area contributed by atoms with Crippen LogP contribution in [0.5, 0.6) is 5.75 Å². The summed E-state index contributed by atoms with van der Waals surface area (Å²) in [6, 6.07) is 16.3. The first kappa shape index (κ1) is 19.8. The lowest BCUT2D eigenvalue weighted by Gasteiger charge is -2.24. The van der Waals surface area contributed by atoms with Gasteiger partial charge in [-0.3, -0.25) is 5.32 Å². The first-order valence-corrected chi connectivity index (χ1v) is 8.61. The summed E-state index contributed by atoms with van der Waals surface area (Å²) < 4.78 is 11.1. The highest BCUT2D eigenvalue weighted by Crippen LogP contribution is 2.31. The maximum atomic E-state index is 12.3. The van der Waals surface area contributed by atoms with E-state index in [0.717, 1.165) is 5.56 Å². The molecule has 6 nitrogen and oxygen atoms in total. The monoisotopic (exact) mass is 359 g/mol. The molecule has 1 amide bonds. The minimum atomic E-state index is -0.562. The van der Waals surface area contributed by atoms with Crippen LogP contribution in [0.25, 0.3) is 0 Å². The van der Waals surface area contributed by atoms with Gasteiger partial charge >= 0.3 is 6.09 Å². The molecule has 6 heteroatoms. The van der Waals surface area contributed by atoms with Gasteiger partial charge in [0.05, 0.1) is 6.61 Å². The molecule has 0 aliphatic carbocycles. The maximum Gasteiger partial charge on any atom is 0.412 e. The quantitative estimate of drug-likeness (QED) is 0.639. The Hall–Kier alpha value is -2.57. The molecule has 0 saturated heterocycles. The number of para-hydroxylation sites is 1. The lowest BCUT2D eigenvalue weighted by atomic mass is 9.94. The fourth-order valence-electron chi connectivity index (χ4n) is 2.60. The molecule has 140 valence electrons. The van der Waals surface area contributed by atoms with Crippen LogP contribution in [0, 0.1) is 5.92 Å². The van der Waals surface area contributed by atoms with Gasteiger partial charge in [0.2, 0.25) is 0 Å². The average Bonchev–Trinajstić information content (AvgIpc) is 2.65. The number of carbonyl (C=O) groups excluding carboxylic acids is 1. The Labute approximate surface area is 153 Å². The van der Waals surface area contributed by atoms with Gasteiger partial charge in [-0.2, -0.15) is 0 Å². The van der Waals surface area contributed by atoms with E-state index < -0.39 is 12.2 Å². The predicted molar refractivity (Wildman–Crippen MR) is 99.2 cm³/mol. The van der Waals surface area contributed by atoms with Crippen molar-refractivity contribution in [2.75, 3.05) is 25.1 Å². The minimum absolute atomic E-state index is 0.00202. The number of hydrogen-bond donors (Lipinski definition) is 3. The zero-order valence-corrected chi connectivity index (χ0v) is 14.8. The van der Waals surface area contributed by atoms with E-state index in [2.05, 4.69) is 5.32 Å². The van der Waals surface area contributed by atoms with Crippen LogP contribution in [0.1, 0.15) is 25.0 Å². The molecule has 0 bridgehead atoms. The predicted octanol–water partition coefficient (Wildman–Crippen LogP) is 3.37. The highest BCUT2D eigenvalue weighted by molar-refractivity contribution is 5.84. The third kappa shape index (κ3) is 6.06. The molecule has 3 N–H and O–H groups in total. The number of amides is 1. The van der Waals surface area contributed by atoms with Crippen molar-refractivity contribution in [3.05, 3.63) is 60.2 Å². The van der Waals surface area contributed by atoms with Crippen molar-refractivity contribution in [3.8, 4) is 5.75 Å². The zero-order chi connectivity index (χ0) is 18.8. The zero-order valence-electron chi connectivity index (χ0n) is 14.8. The molecule has 0 heterocycles. The number of rotatable bonds is 9. The summed E-state index contributed by atoms with van der Waals surface area (Å²) in [6.07, 6.45) is -0.610. The molecule has 0 unspecified atom stereocenters. The van der Waals surface area contributed by atoms with Gasteiger partial charge < -0.3 is 19.7 Å². The van der Waals surface area contributed by atoms with E-state index >= 15 is 0 Å². The molecule has 0 aliphatic heterocycles. The largest absolute Gasteiger partial charge is 0.491 e. The Morgan fingerprint density at radius 2 is 1.85 bits per heavy atom. The summed E-state index contributed by atoms with van der Waals surface area (Å²) in [4.78, 5) is 12.3. The third-order valence-electron chi connectivity index (χ3n) is 3.90. The second-order valence-electron chi connectivity index (χ2n) is 5.95. The molecule has 0 aromatic heterocycles. The number of carbonyl (C=O) groups is 1. The number of nitrogens with one attached hydrogen (secondary N) is 1. The summed E-state index contributed by atoms with van der Waals surface area (Å²) >= 11 is 0. The molecule has 0 aliphatic rings. The van der Waals surface area contributed by atoms with Gasteiger partial charge in [0.25, 0.3) is 0 Å². The second kappa shape index (κ2) is 10.4. The Morgan fingerprint density at radius 3 is 2.54 bits per heavy atom. The van der Waals surface area contributed by atoms with E-state index in [1.165, 1.54) is 0 Å². The summed E-state index contributed by atoms with van der Waals surface area (Å²) in [6.45, 7) is 2.03. The normalized spacial score (nSPS) is 12.9. The molecule has 0 radical (unpaired) electrons. The summed E-state index contributed by atoms with van der Waals surface area (Å²) in [7, 11) is 0. The number of hydrogen-bond acceptors (Lipinski definition) is 5. The lowest BCUT2D eigenvalue weighted by molar-refractivity contribution is 0.0665. The second-order valence-corrected chi connectivity index (χ2v) is 5.95. The number of ether oxygens (including phenoxy) is 2. The van der Waals surface area contributed by atoms with Crippen LogP contribution in [0.2, 0.25) is 0 Å². The van der Waals surface area contributed by atoms with Crippen LogP contribution < -0.4 is 10.1 Å². The standard InChI is InChI=1S/C20H25NO5/c1-15(10-11-22)19(16-6-5-9-18(14-16)25-13-12-23)26-20(24)21-17-7-3-2-4-8-17/h2-9,14-15,19,22-23H,10-13H2,1H3,(H,21,24)/t15-,19+/m0/s1. The molecule has 0 spiro atoms. The van der Waals surface area contributed by atoms with Crippen LogP contribution >= 0.6 is 0 Å². The molecule has 2 rings (SSSR count). The topological polar surface area (TPSA) is 88.0 Å². The number of aliphatic hydroxyl groups is 2. The molecule has 2 aromatic rings. The van der Waals surface area contributed by atoms with Gasteiger partial charge in [0.1, 0.15) is 18.5 Å². The molecular weight excluding hydrogens is 334 g/mol. The first-order chi connectivity index (χ1) is 12.6. The van der Waals surface area contributed by atoms with Crippen LogP contribution in [0.15, 0.2) is 54.6 Å². The molecule has 0 fully saturated rings. The van der Waals surface area contributed by atoms with Gasteiger partial charge in [-0.15, -0.1) is 0 Å². The van der Waals surface area contributed by atoms with Gasteiger partial charge in [-0.25, -0.2) is 4.79 Å². The first-order valence-electron chi connectivity index (χ1n) is 8.61. The van der Waals surface area contributed by atoms with E-state index in [4.69, 9.17) is 14.6 Å². The van der Waals surface area contributed by atoms with E-state index in [9.17, 15) is 9.90 Å². The summed E-state index contributed by atoms with van der Waals surface area (Å²) in [5.41, 5.74) is 1.41. The van der Waals surface area contributed by atoms with E-state index in [1.54, 1.807) is 30.3 Å². The van der Waals surface area contributed by atoms with Crippen molar-refractivity contribution in [1.82, 2.24) is 0 Å². The molecular formula is C20H25NO5. The molecule has 2 atom stereocenters. The highest BCUT2D eigenvalue weighted by atomic mass is 16.6. The average molecular weight is 359 g/mol. The molecule has 2 aromatic carbocycles. The van der Waals surface area contributed by atoms with Crippen molar-refractivity contribution in [2.45, 2.75) is 19.4 Å². The SMILES string of the molecule is C[C@@H](CCO)[C@@H](OC(=O)Nc1ccccc1)c1cccc(OCCO)c1. The molecule has 0 saturated carbocycles. The Balaban J connectivity index is 2.14. The van der Waals surface area contributed by atoms with Crippen molar-refractivity contribution in [2.24, 2.45) is 5.92 Å². The third-order valence-corrected chi connectivity index (χ3v) is 3.90. The Morgan fingerprint density at radius 1 is 1.08 bits per heavy atom. The fraction of sp³-hybridized carbons (Fsp3) is 0.350. The number of anilines is 1. The van der Waals surface area contributed by atoms with Crippen LogP contribution in [0.3, 0.4) is 0 Å². The van der Waals surface area contributed by atoms with E-state index in [0.29, 0.717) is 17.9 Å². The van der Waals surface area contributed by atoms with Crippen LogP contribution in [-0.2, 0) is 4.74 Å². The highest BCUT2D eigenvalue weighted by Gasteiger charge is 2.24. The minimum Gasteiger partial charge on any atom is -0.491 e. The van der Waals surface area contributed by atoms with Gasteiger partial charge in [-0.05, 0) is 42.2 Å². The van der Waals surface area contributed by atoms with E-state index in [1.807, 2.05) is 31.2 Å². The van der Waals surface area contributed by atoms with Crippen molar-refractivity contribution < 1.29 is 24.5 Å². The number of aliphatic hydroxyl groups excluding tert-OH is 2. The number of benzene rings is 2. The Kier molecular flexibility index (Phi) is 7.92. The smallest absolute Gasteiger partial charge is 0.412 e.